The molecule has 1 aliphatic carbocycles. The van der Waals surface area contributed by atoms with Crippen LogP contribution in [-0.4, -0.2) is 63.4 Å². The third-order valence-corrected chi connectivity index (χ3v) is 6.94. The molecule has 1 aromatic carbocycles. The Hall–Kier alpha value is -3.32. The predicted octanol–water partition coefficient (Wildman–Crippen LogP) is 3.83. The van der Waals surface area contributed by atoms with Gasteiger partial charge in [-0.1, -0.05) is 13.0 Å². The summed E-state index contributed by atoms with van der Waals surface area (Å²) < 4.78 is 0. The predicted molar refractivity (Wildman–Crippen MR) is 134 cm³/mol. The van der Waals surface area contributed by atoms with Crippen molar-refractivity contribution in [3.8, 4) is 22.4 Å². The molecule has 7 nitrogen and oxygen atoms in total. The maximum absolute atomic E-state index is 13.3. The second-order valence-corrected chi connectivity index (χ2v) is 9.44. The third-order valence-electron chi connectivity index (χ3n) is 6.94. The largest absolute Gasteiger partial charge is 0.384 e. The van der Waals surface area contributed by atoms with Crippen molar-refractivity contribution in [2.24, 2.45) is 5.92 Å². The molecule has 2 aromatic heterocycles. The molecule has 2 fully saturated rings. The third kappa shape index (κ3) is 4.66. The van der Waals surface area contributed by atoms with Crippen LogP contribution in [0.4, 0.5) is 5.82 Å². The summed E-state index contributed by atoms with van der Waals surface area (Å²) in [5.74, 6) is 1.49. The number of aryl methyl sites for hydroxylation is 2. The fraction of sp³-hybridized carbons (Fsp3) is 0.407. The minimum absolute atomic E-state index is 0.120. The molecule has 0 radical (unpaired) electrons. The van der Waals surface area contributed by atoms with Gasteiger partial charge >= 0.3 is 0 Å². The molecule has 3 heterocycles. The van der Waals surface area contributed by atoms with Crippen molar-refractivity contribution in [3.05, 3.63) is 59.7 Å². The Morgan fingerprint density at radius 1 is 1.03 bits per heavy atom. The van der Waals surface area contributed by atoms with Crippen molar-refractivity contribution in [1.29, 1.82) is 0 Å². The molecule has 2 N–H and O–H groups in total. The van der Waals surface area contributed by atoms with Crippen molar-refractivity contribution in [2.45, 2.75) is 33.1 Å². The zero-order chi connectivity index (χ0) is 23.7. The Morgan fingerprint density at radius 2 is 1.79 bits per heavy atom. The highest BCUT2D eigenvalue weighted by Gasteiger charge is 2.28. The molecule has 176 valence electrons. The molecule has 1 aliphatic heterocycles. The molecule has 3 aromatic rings. The van der Waals surface area contributed by atoms with Gasteiger partial charge in [0.25, 0.3) is 5.91 Å². The highest BCUT2D eigenvalue weighted by Crippen LogP contribution is 2.34. The van der Waals surface area contributed by atoms with E-state index in [1.54, 1.807) is 18.6 Å². The number of piperazine rings is 1. The van der Waals surface area contributed by atoms with Gasteiger partial charge in [-0.2, -0.15) is 0 Å². The minimum Gasteiger partial charge on any atom is -0.384 e. The zero-order valence-corrected chi connectivity index (χ0v) is 20.0. The van der Waals surface area contributed by atoms with E-state index in [1.807, 2.05) is 30.0 Å². The van der Waals surface area contributed by atoms with Crippen LogP contribution in [0.25, 0.3) is 22.4 Å². The Bertz CT molecular complexity index is 1180. The maximum atomic E-state index is 13.3. The van der Waals surface area contributed by atoms with E-state index in [2.05, 4.69) is 32.8 Å². The average molecular weight is 457 g/mol. The Kier molecular flexibility index (Phi) is 6.28. The Balaban J connectivity index is 1.40. The number of aromatic nitrogens is 3. The Labute approximate surface area is 201 Å². The molecule has 7 heteroatoms. The number of carbonyl (C=O) groups is 1. The number of hydrogen-bond donors (Lipinski definition) is 1. The molecular weight excluding hydrogens is 424 g/mol. The first-order valence-corrected chi connectivity index (χ1v) is 12.2. The molecule has 0 spiro atoms. The molecule has 0 bridgehead atoms. The van der Waals surface area contributed by atoms with E-state index in [0.717, 1.165) is 77.7 Å². The summed E-state index contributed by atoms with van der Waals surface area (Å²) in [6.07, 6.45) is 6.89. The lowest BCUT2D eigenvalue weighted by molar-refractivity contribution is 0.0631. The van der Waals surface area contributed by atoms with E-state index < -0.39 is 0 Å². The van der Waals surface area contributed by atoms with Gasteiger partial charge in [-0.3, -0.25) is 9.69 Å². The summed E-state index contributed by atoms with van der Waals surface area (Å²) in [5.41, 5.74) is 12.2. The molecule has 0 unspecified atom stereocenters. The summed E-state index contributed by atoms with van der Waals surface area (Å²) >= 11 is 0. The van der Waals surface area contributed by atoms with E-state index in [9.17, 15) is 4.79 Å². The zero-order valence-electron chi connectivity index (χ0n) is 20.0. The molecule has 1 saturated heterocycles. The quantitative estimate of drug-likeness (QED) is 0.607. The normalized spacial score (nSPS) is 16.6. The van der Waals surface area contributed by atoms with Crippen molar-refractivity contribution in [1.82, 2.24) is 24.8 Å². The first kappa shape index (κ1) is 22.5. The molecule has 5 rings (SSSR count). The van der Waals surface area contributed by atoms with Gasteiger partial charge in [-0.25, -0.2) is 15.0 Å². The first-order valence-electron chi connectivity index (χ1n) is 12.2. The van der Waals surface area contributed by atoms with Crippen LogP contribution in [0.1, 0.15) is 41.4 Å². The average Bonchev–Trinajstić information content (AvgIpc) is 3.68. The lowest BCUT2D eigenvalue weighted by Crippen LogP contribution is -2.49. The number of amides is 1. The van der Waals surface area contributed by atoms with Gasteiger partial charge in [0.2, 0.25) is 0 Å². The van der Waals surface area contributed by atoms with E-state index >= 15 is 0 Å². The number of benzene rings is 1. The van der Waals surface area contributed by atoms with Crippen molar-refractivity contribution in [3.63, 3.8) is 0 Å². The van der Waals surface area contributed by atoms with Gasteiger partial charge in [0.1, 0.15) is 12.1 Å². The standard InChI is InChI=1S/C27H32N6O/c1-3-23-25(21-7-9-24(28)29-15-21)26(31-17-30-23)20-6-8-22(18(2)14-20)27(34)33-12-10-32(11-13-33)16-19-4-5-19/h6-9,14-15,17,19H,3-5,10-13,16H2,1-2H3,(H2,28,29). The van der Waals surface area contributed by atoms with Crippen LogP contribution in [0.15, 0.2) is 42.9 Å². The highest BCUT2D eigenvalue weighted by molar-refractivity contribution is 5.96. The number of anilines is 1. The van der Waals surface area contributed by atoms with Crippen LogP contribution in [0.5, 0.6) is 0 Å². The van der Waals surface area contributed by atoms with Gasteiger partial charge in [0, 0.05) is 61.2 Å². The summed E-state index contributed by atoms with van der Waals surface area (Å²) in [4.78, 5) is 31.2. The summed E-state index contributed by atoms with van der Waals surface area (Å²) in [7, 11) is 0. The summed E-state index contributed by atoms with van der Waals surface area (Å²) in [6.45, 7) is 8.82. The molecule has 34 heavy (non-hydrogen) atoms. The van der Waals surface area contributed by atoms with E-state index in [4.69, 9.17) is 5.73 Å². The van der Waals surface area contributed by atoms with E-state index in [1.165, 1.54) is 19.4 Å². The SMILES string of the molecule is CCc1ncnc(-c2ccc(C(=O)N3CCN(CC4CC4)CC3)c(C)c2)c1-c1ccc(N)nc1. The molecule has 0 atom stereocenters. The maximum Gasteiger partial charge on any atom is 0.254 e. The fourth-order valence-electron chi connectivity index (χ4n) is 4.79. The number of hydrogen-bond acceptors (Lipinski definition) is 6. The van der Waals surface area contributed by atoms with Crippen molar-refractivity contribution >= 4 is 11.7 Å². The lowest BCUT2D eigenvalue weighted by Gasteiger charge is -2.35. The monoisotopic (exact) mass is 456 g/mol. The topological polar surface area (TPSA) is 88.2 Å². The molecule has 1 amide bonds. The van der Waals surface area contributed by atoms with E-state index in [0.29, 0.717) is 5.82 Å². The summed E-state index contributed by atoms with van der Waals surface area (Å²) in [6, 6.07) is 9.76. The molecule has 1 saturated carbocycles. The number of pyridine rings is 1. The van der Waals surface area contributed by atoms with E-state index in [-0.39, 0.29) is 5.91 Å². The van der Waals surface area contributed by atoms with Gasteiger partial charge in [-0.05, 0) is 61.9 Å². The Morgan fingerprint density at radius 3 is 2.44 bits per heavy atom. The fourth-order valence-corrected chi connectivity index (χ4v) is 4.79. The van der Waals surface area contributed by atoms with Crippen LogP contribution in [-0.2, 0) is 6.42 Å². The van der Waals surface area contributed by atoms with Gasteiger partial charge in [0.15, 0.2) is 0 Å². The highest BCUT2D eigenvalue weighted by atomic mass is 16.2. The summed E-state index contributed by atoms with van der Waals surface area (Å²) in [5, 5.41) is 0. The number of nitrogen functional groups attached to an aromatic ring is 1. The van der Waals surface area contributed by atoms with Crippen LogP contribution >= 0.6 is 0 Å². The minimum atomic E-state index is 0.120. The van der Waals surface area contributed by atoms with Gasteiger partial charge in [-0.15, -0.1) is 0 Å². The smallest absolute Gasteiger partial charge is 0.254 e. The van der Waals surface area contributed by atoms with Crippen molar-refractivity contribution < 1.29 is 4.79 Å². The number of nitrogens with two attached hydrogens (primary N) is 1. The van der Waals surface area contributed by atoms with Crippen LogP contribution < -0.4 is 5.73 Å². The van der Waals surface area contributed by atoms with Crippen LogP contribution in [0, 0.1) is 12.8 Å². The first-order chi connectivity index (χ1) is 16.5. The molecule has 2 aliphatic rings. The molecular formula is C27H32N6O. The second kappa shape index (κ2) is 9.50. The number of carbonyl (C=O) groups excluding carboxylic acids is 1. The van der Waals surface area contributed by atoms with Gasteiger partial charge < -0.3 is 10.6 Å². The van der Waals surface area contributed by atoms with Crippen LogP contribution in [0.3, 0.4) is 0 Å². The van der Waals surface area contributed by atoms with Crippen molar-refractivity contribution in [2.75, 3.05) is 38.5 Å². The number of rotatable bonds is 6. The second-order valence-electron chi connectivity index (χ2n) is 9.44. The van der Waals surface area contributed by atoms with Crippen LogP contribution in [0.2, 0.25) is 0 Å². The lowest BCUT2D eigenvalue weighted by atomic mass is 9.95. The van der Waals surface area contributed by atoms with Gasteiger partial charge in [0.05, 0.1) is 11.4 Å². The number of nitrogens with zero attached hydrogens (tertiary/aromatic N) is 5.